The quantitative estimate of drug-likeness (QED) is 0.844. The van der Waals surface area contributed by atoms with Gasteiger partial charge in [0.15, 0.2) is 0 Å². The van der Waals surface area contributed by atoms with E-state index in [1.54, 1.807) is 0 Å². The second-order valence-corrected chi connectivity index (χ2v) is 5.61. The number of nitrogens with zero attached hydrogens (tertiary/aromatic N) is 1. The lowest BCUT2D eigenvalue weighted by molar-refractivity contribution is 1.17. The number of pyridine rings is 1. The van der Waals surface area contributed by atoms with E-state index in [1.807, 2.05) is 19.9 Å². The summed E-state index contributed by atoms with van der Waals surface area (Å²) in [6.07, 6.45) is 0. The minimum absolute atomic E-state index is 0.363. The Morgan fingerprint density at radius 2 is 1.65 bits per heavy atom. The first-order valence-electron chi connectivity index (χ1n) is 6.50. The molecule has 0 unspecified atom stereocenters. The number of nitrogens with two attached hydrogens (primary N) is 1. The highest BCUT2D eigenvalue weighted by Crippen LogP contribution is 2.24. The number of rotatable bonds is 3. The van der Waals surface area contributed by atoms with E-state index in [0.717, 1.165) is 28.3 Å². The topological polar surface area (TPSA) is 50.9 Å². The van der Waals surface area contributed by atoms with Crippen molar-refractivity contribution in [3.8, 4) is 0 Å². The lowest BCUT2D eigenvalue weighted by Crippen LogP contribution is -2.15. The van der Waals surface area contributed by atoms with Crippen molar-refractivity contribution in [1.82, 2.24) is 4.98 Å². The molecular formula is C16H19N3S. The summed E-state index contributed by atoms with van der Waals surface area (Å²) in [5.74, 6) is 0.722. The molecule has 0 saturated heterocycles. The molecule has 1 aromatic heterocycles. The average molecular weight is 285 g/mol. The number of aromatic nitrogens is 1. The number of aryl methyl sites for hydroxylation is 4. The average Bonchev–Trinajstić information content (AvgIpc) is 2.25. The molecule has 4 heteroatoms. The minimum atomic E-state index is 0.363. The van der Waals surface area contributed by atoms with Crippen LogP contribution in [0.3, 0.4) is 0 Å². The third-order valence-corrected chi connectivity index (χ3v) is 3.28. The fraction of sp³-hybridized carbons (Fsp3) is 0.250. The van der Waals surface area contributed by atoms with Crippen LogP contribution >= 0.6 is 12.2 Å². The second-order valence-electron chi connectivity index (χ2n) is 5.17. The van der Waals surface area contributed by atoms with Crippen molar-refractivity contribution >= 4 is 28.7 Å². The van der Waals surface area contributed by atoms with Crippen molar-refractivity contribution in [1.29, 1.82) is 0 Å². The predicted molar refractivity (Wildman–Crippen MR) is 88.8 cm³/mol. The Kier molecular flexibility index (Phi) is 4.04. The van der Waals surface area contributed by atoms with Gasteiger partial charge in [-0.3, -0.25) is 0 Å². The van der Waals surface area contributed by atoms with Gasteiger partial charge < -0.3 is 11.1 Å². The van der Waals surface area contributed by atoms with Crippen molar-refractivity contribution < 1.29 is 0 Å². The van der Waals surface area contributed by atoms with Crippen LogP contribution in [0.25, 0.3) is 0 Å². The standard InChI is InChI=1S/C16H19N3S/c1-9-5-10(2)7-13(6-9)19-16-14(15(17)20)11(3)8-12(4)18-16/h5-8H,1-4H3,(H2,17,20)(H,18,19). The van der Waals surface area contributed by atoms with Gasteiger partial charge in [0.2, 0.25) is 0 Å². The van der Waals surface area contributed by atoms with Gasteiger partial charge in [0.25, 0.3) is 0 Å². The molecule has 1 heterocycles. The maximum absolute atomic E-state index is 5.83. The maximum Gasteiger partial charge on any atom is 0.141 e. The fourth-order valence-electron chi connectivity index (χ4n) is 2.42. The number of nitrogens with one attached hydrogen (secondary N) is 1. The van der Waals surface area contributed by atoms with Gasteiger partial charge in [0, 0.05) is 11.4 Å². The minimum Gasteiger partial charge on any atom is -0.389 e. The summed E-state index contributed by atoms with van der Waals surface area (Å²) in [5.41, 5.74) is 12.0. The summed E-state index contributed by atoms with van der Waals surface area (Å²) in [7, 11) is 0. The van der Waals surface area contributed by atoms with E-state index < -0.39 is 0 Å². The predicted octanol–water partition coefficient (Wildman–Crippen LogP) is 3.69. The third kappa shape index (κ3) is 3.14. The summed E-state index contributed by atoms with van der Waals surface area (Å²) in [5, 5.41) is 3.34. The SMILES string of the molecule is Cc1cc(C)cc(Nc2nc(C)cc(C)c2C(N)=S)c1. The number of hydrogen-bond acceptors (Lipinski definition) is 3. The van der Waals surface area contributed by atoms with Crippen LogP contribution in [0.5, 0.6) is 0 Å². The smallest absolute Gasteiger partial charge is 0.141 e. The van der Waals surface area contributed by atoms with Crippen molar-refractivity contribution in [2.24, 2.45) is 5.73 Å². The Labute approximate surface area is 125 Å². The van der Waals surface area contributed by atoms with Crippen LogP contribution < -0.4 is 11.1 Å². The molecule has 0 aliphatic heterocycles. The summed E-state index contributed by atoms with van der Waals surface area (Å²) >= 11 is 5.15. The van der Waals surface area contributed by atoms with Gasteiger partial charge in [-0.05, 0) is 62.6 Å². The Morgan fingerprint density at radius 1 is 1.05 bits per heavy atom. The van der Waals surface area contributed by atoms with Gasteiger partial charge in [0.05, 0.1) is 5.56 Å². The Morgan fingerprint density at radius 3 is 2.20 bits per heavy atom. The van der Waals surface area contributed by atoms with E-state index in [9.17, 15) is 0 Å². The van der Waals surface area contributed by atoms with Gasteiger partial charge in [-0.1, -0.05) is 18.3 Å². The van der Waals surface area contributed by atoms with Crippen LogP contribution in [0.2, 0.25) is 0 Å². The summed E-state index contributed by atoms with van der Waals surface area (Å²) in [6, 6.07) is 8.28. The largest absolute Gasteiger partial charge is 0.389 e. The summed E-state index contributed by atoms with van der Waals surface area (Å²) in [6.45, 7) is 8.10. The van der Waals surface area contributed by atoms with Crippen molar-refractivity contribution in [3.63, 3.8) is 0 Å². The van der Waals surface area contributed by atoms with Crippen LogP contribution in [0.1, 0.15) is 27.9 Å². The highest BCUT2D eigenvalue weighted by atomic mass is 32.1. The molecule has 1 aromatic carbocycles. The van der Waals surface area contributed by atoms with Crippen LogP contribution in [-0.4, -0.2) is 9.97 Å². The molecule has 0 atom stereocenters. The maximum atomic E-state index is 5.83. The highest BCUT2D eigenvalue weighted by molar-refractivity contribution is 7.80. The zero-order valence-corrected chi connectivity index (χ0v) is 13.1. The zero-order valence-electron chi connectivity index (χ0n) is 12.2. The molecule has 0 bridgehead atoms. The molecule has 0 radical (unpaired) electrons. The molecule has 2 rings (SSSR count). The van der Waals surface area contributed by atoms with E-state index in [2.05, 4.69) is 42.3 Å². The molecule has 3 N–H and O–H groups in total. The van der Waals surface area contributed by atoms with Gasteiger partial charge in [-0.2, -0.15) is 0 Å². The molecule has 0 aliphatic rings. The molecule has 2 aromatic rings. The molecular weight excluding hydrogens is 266 g/mol. The van der Waals surface area contributed by atoms with E-state index in [1.165, 1.54) is 11.1 Å². The monoisotopic (exact) mass is 285 g/mol. The molecule has 0 saturated carbocycles. The fourth-order valence-corrected chi connectivity index (χ4v) is 2.68. The Balaban J connectivity index is 2.49. The van der Waals surface area contributed by atoms with Gasteiger partial charge in [-0.15, -0.1) is 0 Å². The molecule has 3 nitrogen and oxygen atoms in total. The molecule has 104 valence electrons. The zero-order chi connectivity index (χ0) is 14.9. The van der Waals surface area contributed by atoms with Crippen molar-refractivity contribution in [2.45, 2.75) is 27.7 Å². The number of benzene rings is 1. The van der Waals surface area contributed by atoms with E-state index in [4.69, 9.17) is 18.0 Å². The molecule has 0 spiro atoms. The van der Waals surface area contributed by atoms with Crippen molar-refractivity contribution in [2.75, 3.05) is 5.32 Å². The molecule has 0 amide bonds. The van der Waals surface area contributed by atoms with Gasteiger partial charge in [0.1, 0.15) is 10.8 Å². The van der Waals surface area contributed by atoms with E-state index in [0.29, 0.717) is 4.99 Å². The number of hydrogen-bond donors (Lipinski definition) is 2. The normalized spacial score (nSPS) is 10.4. The van der Waals surface area contributed by atoms with Crippen LogP contribution in [0.15, 0.2) is 24.3 Å². The third-order valence-electron chi connectivity index (χ3n) is 3.08. The first-order chi connectivity index (χ1) is 9.36. The number of anilines is 2. The summed E-state index contributed by atoms with van der Waals surface area (Å²) in [4.78, 5) is 4.89. The first kappa shape index (κ1) is 14.5. The van der Waals surface area contributed by atoms with Gasteiger partial charge >= 0.3 is 0 Å². The van der Waals surface area contributed by atoms with Gasteiger partial charge in [-0.25, -0.2) is 4.98 Å². The Hall–Kier alpha value is -1.94. The number of thiocarbonyl (C=S) groups is 1. The molecule has 20 heavy (non-hydrogen) atoms. The van der Waals surface area contributed by atoms with E-state index >= 15 is 0 Å². The first-order valence-corrected chi connectivity index (χ1v) is 6.91. The van der Waals surface area contributed by atoms with Crippen LogP contribution in [0.4, 0.5) is 11.5 Å². The van der Waals surface area contributed by atoms with E-state index in [-0.39, 0.29) is 0 Å². The van der Waals surface area contributed by atoms with Crippen LogP contribution in [0, 0.1) is 27.7 Å². The summed E-state index contributed by atoms with van der Waals surface area (Å²) < 4.78 is 0. The highest BCUT2D eigenvalue weighted by Gasteiger charge is 2.12. The molecule has 0 fully saturated rings. The second kappa shape index (κ2) is 5.59. The molecule has 0 aliphatic carbocycles. The van der Waals surface area contributed by atoms with Crippen LogP contribution in [-0.2, 0) is 0 Å². The lowest BCUT2D eigenvalue weighted by atomic mass is 10.1. The lowest BCUT2D eigenvalue weighted by Gasteiger charge is -2.14. The Bertz CT molecular complexity index is 657. The van der Waals surface area contributed by atoms with Crippen molar-refractivity contribution in [3.05, 3.63) is 52.2 Å².